The lowest BCUT2D eigenvalue weighted by Crippen LogP contribution is -2.16. The normalized spacial score (nSPS) is 10.0. The van der Waals surface area contributed by atoms with Crippen LogP contribution in [-0.4, -0.2) is 37.3 Å². The summed E-state index contributed by atoms with van der Waals surface area (Å²) in [6, 6.07) is 3.23. The van der Waals surface area contributed by atoms with E-state index in [9.17, 15) is 4.79 Å². The van der Waals surface area contributed by atoms with E-state index in [4.69, 9.17) is 17.3 Å². The van der Waals surface area contributed by atoms with Gasteiger partial charge in [0.05, 0.1) is 0 Å². The Bertz CT molecular complexity index is 405. The lowest BCUT2D eigenvalue weighted by Gasteiger charge is -2.18. The molecule has 0 radical (unpaired) electrons. The molecule has 0 unspecified atom stereocenters. The number of thiocarbonyl (C=S) groups is 1. The third-order valence-corrected chi connectivity index (χ3v) is 4.49. The van der Waals surface area contributed by atoms with Gasteiger partial charge in [0, 0.05) is 25.1 Å². The van der Waals surface area contributed by atoms with Crippen molar-refractivity contribution in [2.45, 2.75) is 6.42 Å². The smallest absolute Gasteiger partial charge is 0.354 e. The molecule has 0 atom stereocenters. The molecule has 0 fully saturated rings. The molecule has 17 heavy (non-hydrogen) atoms. The fourth-order valence-corrected chi connectivity index (χ4v) is 2.92. The number of carboxylic acids is 1. The van der Waals surface area contributed by atoms with Crippen LogP contribution in [0.1, 0.15) is 16.1 Å². The minimum atomic E-state index is -1.02. The van der Waals surface area contributed by atoms with Crippen molar-refractivity contribution in [2.24, 2.45) is 0 Å². The summed E-state index contributed by atoms with van der Waals surface area (Å²) in [5.74, 6) is -1.02. The highest BCUT2D eigenvalue weighted by atomic mass is 32.2. The minimum absolute atomic E-state index is 0.0475. The van der Waals surface area contributed by atoms with Crippen LogP contribution in [0, 0.1) is 0 Å². The molecule has 0 amide bonds. The van der Waals surface area contributed by atoms with Gasteiger partial charge in [0.1, 0.15) is 10.7 Å². The molecule has 0 saturated heterocycles. The van der Waals surface area contributed by atoms with E-state index in [1.165, 1.54) is 6.07 Å². The van der Waals surface area contributed by atoms with E-state index in [0.717, 1.165) is 10.6 Å². The van der Waals surface area contributed by atoms with Gasteiger partial charge >= 0.3 is 5.97 Å². The molecule has 0 aliphatic heterocycles. The van der Waals surface area contributed by atoms with Gasteiger partial charge in [-0.15, -0.1) is 0 Å². The molecule has 1 heterocycles. The van der Waals surface area contributed by atoms with Gasteiger partial charge in [-0.25, -0.2) is 9.78 Å². The van der Waals surface area contributed by atoms with E-state index in [1.54, 1.807) is 36.2 Å². The number of pyridine rings is 1. The average Bonchev–Trinajstić information content (AvgIpc) is 2.31. The summed E-state index contributed by atoms with van der Waals surface area (Å²) < 4.78 is 1.93. The van der Waals surface area contributed by atoms with Gasteiger partial charge in [-0.2, -0.15) is 0 Å². The van der Waals surface area contributed by atoms with Crippen LogP contribution < -0.4 is 0 Å². The SMILES string of the molecule is CSN(SC)C(=S)Cc1ccc(C(=O)O)nc1. The standard InChI is InChI=1S/C10H12N2O2S3/c1-16-12(17-2)9(15)5-7-3-4-8(10(13)14)11-6-7/h3-4,6H,5H2,1-2H3,(H,13,14). The van der Waals surface area contributed by atoms with E-state index in [-0.39, 0.29) is 5.69 Å². The topological polar surface area (TPSA) is 53.4 Å². The highest BCUT2D eigenvalue weighted by Crippen LogP contribution is 2.19. The van der Waals surface area contributed by atoms with Crippen LogP contribution in [0.15, 0.2) is 18.3 Å². The Morgan fingerprint density at radius 3 is 2.53 bits per heavy atom. The summed E-state index contributed by atoms with van der Waals surface area (Å²) in [5.41, 5.74) is 0.958. The van der Waals surface area contributed by atoms with E-state index in [1.807, 2.05) is 16.2 Å². The fourth-order valence-electron chi connectivity index (χ4n) is 1.17. The minimum Gasteiger partial charge on any atom is -0.477 e. The maximum atomic E-state index is 10.6. The predicted molar refractivity (Wildman–Crippen MR) is 76.4 cm³/mol. The third-order valence-electron chi connectivity index (χ3n) is 1.93. The van der Waals surface area contributed by atoms with Crippen molar-refractivity contribution in [3.8, 4) is 0 Å². The zero-order chi connectivity index (χ0) is 12.8. The zero-order valence-corrected chi connectivity index (χ0v) is 11.9. The number of rotatable bonds is 5. The van der Waals surface area contributed by atoms with E-state index in [0.29, 0.717) is 6.42 Å². The second kappa shape index (κ2) is 6.83. The van der Waals surface area contributed by atoms with E-state index >= 15 is 0 Å². The maximum absolute atomic E-state index is 10.6. The Labute approximate surface area is 114 Å². The number of nitrogens with zero attached hydrogens (tertiary/aromatic N) is 2. The van der Waals surface area contributed by atoms with Crippen molar-refractivity contribution in [3.05, 3.63) is 29.6 Å². The number of aromatic carboxylic acids is 1. The third kappa shape index (κ3) is 4.18. The Hall–Kier alpha value is -0.790. The van der Waals surface area contributed by atoms with Crippen LogP contribution in [0.25, 0.3) is 0 Å². The molecule has 1 N–H and O–H groups in total. The van der Waals surface area contributed by atoms with Gasteiger partial charge in [-0.05, 0) is 35.5 Å². The Morgan fingerprint density at radius 1 is 1.47 bits per heavy atom. The van der Waals surface area contributed by atoms with Gasteiger partial charge in [0.25, 0.3) is 0 Å². The van der Waals surface area contributed by atoms with Crippen LogP contribution in [0.2, 0.25) is 0 Å². The first kappa shape index (κ1) is 14.3. The molecular formula is C10H12N2O2S3. The van der Waals surface area contributed by atoms with Crippen molar-refractivity contribution in [1.82, 2.24) is 8.69 Å². The number of carboxylic acid groups (broad SMARTS) is 1. The van der Waals surface area contributed by atoms with Crippen LogP contribution in [0.3, 0.4) is 0 Å². The van der Waals surface area contributed by atoms with Crippen molar-refractivity contribution in [2.75, 3.05) is 12.5 Å². The Kier molecular flexibility index (Phi) is 5.73. The van der Waals surface area contributed by atoms with Gasteiger partial charge in [0.15, 0.2) is 0 Å². The molecule has 0 aliphatic rings. The largest absolute Gasteiger partial charge is 0.477 e. The number of aromatic nitrogens is 1. The lowest BCUT2D eigenvalue weighted by molar-refractivity contribution is 0.0690. The molecule has 0 bridgehead atoms. The molecule has 4 nitrogen and oxygen atoms in total. The van der Waals surface area contributed by atoms with Gasteiger partial charge in [0.2, 0.25) is 0 Å². The molecule has 0 aliphatic carbocycles. The summed E-state index contributed by atoms with van der Waals surface area (Å²) in [4.78, 5) is 15.3. The summed E-state index contributed by atoms with van der Waals surface area (Å²) in [7, 11) is 0. The highest BCUT2D eigenvalue weighted by Gasteiger charge is 2.09. The van der Waals surface area contributed by atoms with E-state index in [2.05, 4.69) is 4.98 Å². The van der Waals surface area contributed by atoms with Crippen LogP contribution in [0.5, 0.6) is 0 Å². The number of hydrogen-bond acceptors (Lipinski definition) is 5. The first-order valence-electron chi connectivity index (χ1n) is 4.68. The van der Waals surface area contributed by atoms with Crippen molar-refractivity contribution in [3.63, 3.8) is 0 Å². The summed E-state index contributed by atoms with van der Waals surface area (Å²) >= 11 is 8.37. The van der Waals surface area contributed by atoms with Gasteiger partial charge in [-0.1, -0.05) is 18.3 Å². The second-order valence-electron chi connectivity index (χ2n) is 3.05. The molecule has 0 saturated carbocycles. The molecule has 7 heteroatoms. The monoisotopic (exact) mass is 288 g/mol. The van der Waals surface area contributed by atoms with Gasteiger partial charge < -0.3 is 5.11 Å². The molecule has 92 valence electrons. The Balaban J connectivity index is 2.69. The van der Waals surface area contributed by atoms with Crippen molar-refractivity contribution in [1.29, 1.82) is 0 Å². The molecule has 0 spiro atoms. The molecule has 1 aromatic heterocycles. The molecule has 0 aromatic carbocycles. The fraction of sp³-hybridized carbons (Fsp3) is 0.300. The zero-order valence-electron chi connectivity index (χ0n) is 9.41. The molecular weight excluding hydrogens is 276 g/mol. The number of hydrogen-bond donors (Lipinski definition) is 1. The second-order valence-corrected chi connectivity index (χ2v) is 5.21. The van der Waals surface area contributed by atoms with Crippen molar-refractivity contribution >= 4 is 47.1 Å². The summed E-state index contributed by atoms with van der Waals surface area (Å²) in [5, 5.41) is 8.72. The number of carbonyl (C=O) groups is 1. The van der Waals surface area contributed by atoms with Crippen LogP contribution >= 0.6 is 36.1 Å². The lowest BCUT2D eigenvalue weighted by atomic mass is 10.2. The first-order chi connectivity index (χ1) is 8.08. The molecule has 1 rings (SSSR count). The van der Waals surface area contributed by atoms with Crippen molar-refractivity contribution < 1.29 is 9.90 Å². The maximum Gasteiger partial charge on any atom is 0.354 e. The Morgan fingerprint density at radius 2 is 2.12 bits per heavy atom. The van der Waals surface area contributed by atoms with Crippen LogP contribution in [-0.2, 0) is 6.42 Å². The van der Waals surface area contributed by atoms with Crippen LogP contribution in [0.4, 0.5) is 0 Å². The predicted octanol–water partition coefficient (Wildman–Crippen LogP) is 2.51. The average molecular weight is 288 g/mol. The quantitative estimate of drug-likeness (QED) is 0.660. The highest BCUT2D eigenvalue weighted by molar-refractivity contribution is 8.13. The summed E-state index contributed by atoms with van der Waals surface area (Å²) in [6.45, 7) is 0. The molecule has 1 aromatic rings. The first-order valence-corrected chi connectivity index (χ1v) is 7.45. The van der Waals surface area contributed by atoms with Gasteiger partial charge in [-0.3, -0.25) is 3.71 Å². The van der Waals surface area contributed by atoms with E-state index < -0.39 is 5.97 Å². The summed E-state index contributed by atoms with van der Waals surface area (Å²) in [6.07, 6.45) is 6.04.